The molecule has 0 aliphatic rings. The topological polar surface area (TPSA) is 69.0 Å². The molecule has 1 aromatic carbocycles. The maximum atomic E-state index is 13.2. The van der Waals surface area contributed by atoms with E-state index in [0.29, 0.717) is 6.29 Å². The lowest BCUT2D eigenvalue weighted by molar-refractivity contribution is 0.112. The van der Waals surface area contributed by atoms with Crippen LogP contribution in [0.4, 0.5) is 4.39 Å². The summed E-state index contributed by atoms with van der Waals surface area (Å²) in [6.45, 7) is 0. The van der Waals surface area contributed by atoms with E-state index >= 15 is 0 Å². The molecule has 0 N–H and O–H groups in total. The highest BCUT2D eigenvalue weighted by molar-refractivity contribution is 7.90. The first kappa shape index (κ1) is 12.4. The van der Waals surface area contributed by atoms with Gasteiger partial charge in [0.15, 0.2) is 9.84 Å². The van der Waals surface area contributed by atoms with Gasteiger partial charge in [-0.1, -0.05) is 0 Å². The molecule has 0 unspecified atom stereocenters. The summed E-state index contributed by atoms with van der Waals surface area (Å²) < 4.78 is 37.0. The fraction of sp³-hybridized carbons (Fsp3) is 0.0909. The molecular weight excluding hydrogens is 259 g/mol. The second-order valence-corrected chi connectivity index (χ2v) is 5.77. The predicted molar refractivity (Wildman–Crippen MR) is 62.0 cm³/mol. The number of carbonyl (C=O) groups excluding carboxylic acids is 1. The molecule has 0 aliphatic heterocycles. The molecule has 5 nitrogen and oxygen atoms in total. The third-order valence-electron chi connectivity index (χ3n) is 2.29. The smallest absolute Gasteiger partial charge is 0.178 e. The van der Waals surface area contributed by atoms with Crippen molar-refractivity contribution in [2.75, 3.05) is 6.26 Å². The minimum atomic E-state index is -3.36. The monoisotopic (exact) mass is 268 g/mol. The molecule has 94 valence electrons. The Morgan fingerprint density at radius 1 is 1.33 bits per heavy atom. The van der Waals surface area contributed by atoms with Crippen LogP contribution in [-0.2, 0) is 9.84 Å². The number of hydrogen-bond donors (Lipinski definition) is 0. The summed E-state index contributed by atoms with van der Waals surface area (Å²) in [4.78, 5) is 10.6. The SMILES string of the molecule is CS(=O)(=O)c1cnn(-c2cc(F)cc(C=O)c2)c1. The van der Waals surface area contributed by atoms with Gasteiger partial charge in [-0.15, -0.1) is 0 Å². The molecule has 0 aliphatic carbocycles. The van der Waals surface area contributed by atoms with Crippen molar-refractivity contribution in [1.82, 2.24) is 9.78 Å². The maximum absolute atomic E-state index is 13.2. The number of sulfone groups is 1. The second-order valence-electron chi connectivity index (χ2n) is 3.75. The van der Waals surface area contributed by atoms with E-state index in [-0.39, 0.29) is 16.1 Å². The van der Waals surface area contributed by atoms with Crippen LogP contribution in [0.25, 0.3) is 5.69 Å². The van der Waals surface area contributed by atoms with Crippen LogP contribution >= 0.6 is 0 Å². The van der Waals surface area contributed by atoms with Gasteiger partial charge < -0.3 is 0 Å². The molecule has 7 heteroatoms. The Morgan fingerprint density at radius 2 is 2.06 bits per heavy atom. The molecule has 2 aromatic rings. The second kappa shape index (κ2) is 4.34. The lowest BCUT2D eigenvalue weighted by Crippen LogP contribution is -1.98. The van der Waals surface area contributed by atoms with Gasteiger partial charge in [0, 0.05) is 18.0 Å². The fourth-order valence-corrected chi connectivity index (χ4v) is 1.97. The highest BCUT2D eigenvalue weighted by Gasteiger charge is 2.11. The Balaban J connectivity index is 2.52. The van der Waals surface area contributed by atoms with E-state index in [4.69, 9.17) is 0 Å². The van der Waals surface area contributed by atoms with Crippen LogP contribution in [0, 0.1) is 5.82 Å². The number of nitrogens with zero attached hydrogens (tertiary/aromatic N) is 2. The molecule has 0 radical (unpaired) electrons. The standard InChI is InChI=1S/C11H9FN2O3S/c1-18(16,17)11-5-13-14(6-11)10-3-8(7-15)2-9(12)4-10/h2-7H,1H3. The van der Waals surface area contributed by atoms with Gasteiger partial charge in [0.1, 0.15) is 17.0 Å². The largest absolute Gasteiger partial charge is 0.298 e. The van der Waals surface area contributed by atoms with Crippen molar-refractivity contribution in [3.05, 3.63) is 42.0 Å². The molecule has 0 amide bonds. The van der Waals surface area contributed by atoms with E-state index in [1.165, 1.54) is 23.1 Å². The van der Waals surface area contributed by atoms with Crippen LogP contribution in [-0.4, -0.2) is 30.7 Å². The van der Waals surface area contributed by atoms with E-state index in [1.54, 1.807) is 0 Å². The van der Waals surface area contributed by atoms with Crippen molar-refractivity contribution >= 4 is 16.1 Å². The van der Waals surface area contributed by atoms with Crippen molar-refractivity contribution in [3.63, 3.8) is 0 Å². The van der Waals surface area contributed by atoms with Gasteiger partial charge in [0.2, 0.25) is 0 Å². The zero-order valence-corrected chi connectivity index (χ0v) is 10.2. The summed E-state index contributed by atoms with van der Waals surface area (Å²) in [6, 6.07) is 3.65. The van der Waals surface area contributed by atoms with Gasteiger partial charge in [0.05, 0.1) is 11.9 Å². The average Bonchev–Trinajstić information content (AvgIpc) is 2.77. The summed E-state index contributed by atoms with van der Waals surface area (Å²) in [7, 11) is -3.36. The minimum absolute atomic E-state index is 0.0272. The Morgan fingerprint density at radius 3 is 2.61 bits per heavy atom. The van der Waals surface area contributed by atoms with Gasteiger partial charge in [-0.05, 0) is 18.2 Å². The minimum Gasteiger partial charge on any atom is -0.298 e. The predicted octanol–water partition coefficient (Wildman–Crippen LogP) is 1.23. The summed E-state index contributed by atoms with van der Waals surface area (Å²) >= 11 is 0. The molecule has 0 spiro atoms. The number of benzene rings is 1. The van der Waals surface area contributed by atoms with Crippen LogP contribution in [0.5, 0.6) is 0 Å². The van der Waals surface area contributed by atoms with Crippen LogP contribution < -0.4 is 0 Å². The molecule has 18 heavy (non-hydrogen) atoms. The van der Waals surface area contributed by atoms with Crippen molar-refractivity contribution in [1.29, 1.82) is 0 Å². The van der Waals surface area contributed by atoms with Crippen molar-refractivity contribution in [3.8, 4) is 5.69 Å². The van der Waals surface area contributed by atoms with Gasteiger partial charge in [-0.25, -0.2) is 17.5 Å². The zero-order valence-electron chi connectivity index (χ0n) is 9.37. The maximum Gasteiger partial charge on any atom is 0.178 e. The van der Waals surface area contributed by atoms with Gasteiger partial charge in [0.25, 0.3) is 0 Å². The Hall–Kier alpha value is -2.02. The molecule has 0 atom stereocenters. The van der Waals surface area contributed by atoms with Crippen molar-refractivity contribution in [2.24, 2.45) is 0 Å². The van der Waals surface area contributed by atoms with Gasteiger partial charge >= 0.3 is 0 Å². The number of aldehydes is 1. The molecule has 2 rings (SSSR count). The number of hydrogen-bond acceptors (Lipinski definition) is 4. The molecule has 0 saturated heterocycles. The zero-order chi connectivity index (χ0) is 13.3. The van der Waals surface area contributed by atoms with E-state index in [1.807, 2.05) is 0 Å². The first-order chi connectivity index (χ1) is 8.40. The van der Waals surface area contributed by atoms with Crippen LogP contribution in [0.3, 0.4) is 0 Å². The molecule has 1 heterocycles. The van der Waals surface area contributed by atoms with Crippen LogP contribution in [0.1, 0.15) is 10.4 Å². The summed E-state index contributed by atoms with van der Waals surface area (Å²) in [5, 5.41) is 3.82. The number of rotatable bonds is 3. The Kier molecular flexibility index (Phi) is 3.00. The highest BCUT2D eigenvalue weighted by Crippen LogP contribution is 2.15. The van der Waals surface area contributed by atoms with Crippen LogP contribution in [0.2, 0.25) is 0 Å². The summed E-state index contributed by atoms with van der Waals surface area (Å²) in [5.41, 5.74) is 0.438. The van der Waals surface area contributed by atoms with E-state index in [9.17, 15) is 17.6 Å². The summed E-state index contributed by atoms with van der Waals surface area (Å²) in [6.07, 6.45) is 3.99. The Bertz CT molecular complexity index is 707. The first-order valence-electron chi connectivity index (χ1n) is 4.91. The number of carbonyl (C=O) groups is 1. The lowest BCUT2D eigenvalue weighted by atomic mass is 10.2. The third-order valence-corrected chi connectivity index (χ3v) is 3.36. The highest BCUT2D eigenvalue weighted by atomic mass is 32.2. The normalized spacial score (nSPS) is 11.4. The van der Waals surface area contributed by atoms with E-state index < -0.39 is 15.7 Å². The first-order valence-corrected chi connectivity index (χ1v) is 6.80. The molecule has 0 saturated carbocycles. The van der Waals surface area contributed by atoms with E-state index in [0.717, 1.165) is 18.4 Å². The van der Waals surface area contributed by atoms with E-state index in [2.05, 4.69) is 5.10 Å². The molecule has 0 fully saturated rings. The molecule has 1 aromatic heterocycles. The fourth-order valence-electron chi connectivity index (χ4n) is 1.44. The average molecular weight is 268 g/mol. The van der Waals surface area contributed by atoms with Gasteiger partial charge in [-0.2, -0.15) is 5.10 Å². The molecule has 0 bridgehead atoms. The molecular formula is C11H9FN2O3S. The third kappa shape index (κ3) is 2.45. The number of halogens is 1. The summed E-state index contributed by atoms with van der Waals surface area (Å²) in [5.74, 6) is -0.592. The number of aromatic nitrogens is 2. The van der Waals surface area contributed by atoms with Gasteiger partial charge in [-0.3, -0.25) is 4.79 Å². The lowest BCUT2D eigenvalue weighted by Gasteiger charge is -2.02. The Labute approximate surface area is 103 Å². The van der Waals surface area contributed by atoms with Crippen molar-refractivity contribution < 1.29 is 17.6 Å². The van der Waals surface area contributed by atoms with Crippen molar-refractivity contribution in [2.45, 2.75) is 4.90 Å². The van der Waals surface area contributed by atoms with Crippen LogP contribution in [0.15, 0.2) is 35.5 Å². The quantitative estimate of drug-likeness (QED) is 0.785.